The van der Waals surface area contributed by atoms with E-state index >= 15 is 0 Å². The lowest BCUT2D eigenvalue weighted by Gasteiger charge is -2.31. The third-order valence-electron chi connectivity index (χ3n) is 3.43. The highest BCUT2D eigenvalue weighted by Crippen LogP contribution is 2.20. The van der Waals surface area contributed by atoms with Gasteiger partial charge in [0.2, 0.25) is 5.91 Å². The molecule has 1 saturated carbocycles. The van der Waals surface area contributed by atoms with Crippen molar-refractivity contribution in [3.8, 4) is 0 Å². The standard InChI is InChI=1S/C12H22N2O3/c1-4-12(5-2,11(16)17)14-8(3)10(15)13-9-6-7-9/h8-9,14H,4-7H2,1-3H3,(H,13,15)(H,16,17). The van der Waals surface area contributed by atoms with Crippen LogP contribution >= 0.6 is 0 Å². The fourth-order valence-corrected chi connectivity index (χ4v) is 1.85. The predicted molar refractivity (Wildman–Crippen MR) is 64.7 cm³/mol. The number of nitrogens with one attached hydrogen (secondary N) is 2. The number of hydrogen-bond acceptors (Lipinski definition) is 3. The van der Waals surface area contributed by atoms with Crippen molar-refractivity contribution in [2.24, 2.45) is 0 Å². The molecule has 0 radical (unpaired) electrons. The second-order valence-electron chi connectivity index (χ2n) is 4.74. The van der Waals surface area contributed by atoms with Crippen LogP contribution in [0, 0.1) is 0 Å². The van der Waals surface area contributed by atoms with Crippen LogP contribution in [0.3, 0.4) is 0 Å². The fraction of sp³-hybridized carbons (Fsp3) is 0.833. The molecule has 0 aromatic rings. The Labute approximate surface area is 102 Å². The molecule has 0 spiro atoms. The maximum Gasteiger partial charge on any atom is 0.323 e. The Morgan fingerprint density at radius 3 is 2.24 bits per heavy atom. The highest BCUT2D eigenvalue weighted by molar-refractivity contribution is 5.84. The molecule has 5 nitrogen and oxygen atoms in total. The summed E-state index contributed by atoms with van der Waals surface area (Å²) in [6.07, 6.45) is 2.98. The third kappa shape index (κ3) is 3.43. The van der Waals surface area contributed by atoms with Crippen LogP contribution in [0.25, 0.3) is 0 Å². The fourth-order valence-electron chi connectivity index (χ4n) is 1.85. The maximum absolute atomic E-state index is 11.8. The molecule has 0 aromatic carbocycles. The molecule has 1 aliphatic carbocycles. The molecule has 0 aromatic heterocycles. The van der Waals surface area contributed by atoms with Crippen molar-refractivity contribution < 1.29 is 14.7 Å². The first kappa shape index (κ1) is 14.0. The largest absolute Gasteiger partial charge is 0.480 e. The van der Waals surface area contributed by atoms with E-state index in [4.69, 9.17) is 0 Å². The topological polar surface area (TPSA) is 78.4 Å². The maximum atomic E-state index is 11.8. The van der Waals surface area contributed by atoms with E-state index in [2.05, 4.69) is 10.6 Å². The normalized spacial score (nSPS) is 17.6. The van der Waals surface area contributed by atoms with Gasteiger partial charge in [-0.2, -0.15) is 0 Å². The first-order valence-corrected chi connectivity index (χ1v) is 6.26. The summed E-state index contributed by atoms with van der Waals surface area (Å²) >= 11 is 0. The van der Waals surface area contributed by atoms with E-state index in [1.807, 2.05) is 13.8 Å². The molecule has 5 heteroatoms. The summed E-state index contributed by atoms with van der Waals surface area (Å²) in [5.41, 5.74) is -1.000. The highest BCUT2D eigenvalue weighted by atomic mass is 16.4. The van der Waals surface area contributed by atoms with Gasteiger partial charge in [-0.05, 0) is 32.6 Å². The predicted octanol–water partition coefficient (Wildman–Crippen LogP) is 0.886. The van der Waals surface area contributed by atoms with Crippen molar-refractivity contribution in [3.05, 3.63) is 0 Å². The minimum absolute atomic E-state index is 0.111. The molecule has 0 saturated heterocycles. The van der Waals surface area contributed by atoms with Gasteiger partial charge in [0.05, 0.1) is 6.04 Å². The zero-order valence-electron chi connectivity index (χ0n) is 10.7. The molecular formula is C12H22N2O3. The zero-order valence-corrected chi connectivity index (χ0v) is 10.7. The van der Waals surface area contributed by atoms with Crippen molar-refractivity contribution in [2.75, 3.05) is 0 Å². The number of carboxylic acids is 1. The van der Waals surface area contributed by atoms with E-state index in [1.165, 1.54) is 0 Å². The summed E-state index contributed by atoms with van der Waals surface area (Å²) < 4.78 is 0. The van der Waals surface area contributed by atoms with Gasteiger partial charge < -0.3 is 10.4 Å². The van der Waals surface area contributed by atoms with Crippen molar-refractivity contribution in [1.29, 1.82) is 0 Å². The Balaban J connectivity index is 2.58. The smallest absolute Gasteiger partial charge is 0.323 e. The molecule has 17 heavy (non-hydrogen) atoms. The summed E-state index contributed by atoms with van der Waals surface area (Å²) in [7, 11) is 0. The average molecular weight is 242 g/mol. The van der Waals surface area contributed by atoms with Crippen LogP contribution in [0.4, 0.5) is 0 Å². The Kier molecular flexibility index (Phi) is 4.51. The second kappa shape index (κ2) is 5.49. The highest BCUT2D eigenvalue weighted by Gasteiger charge is 2.37. The Bertz CT molecular complexity index is 296. The number of carbonyl (C=O) groups is 2. The van der Waals surface area contributed by atoms with Gasteiger partial charge >= 0.3 is 5.97 Å². The molecule has 98 valence electrons. The lowest BCUT2D eigenvalue weighted by molar-refractivity contribution is -0.146. The minimum Gasteiger partial charge on any atom is -0.480 e. The molecular weight excluding hydrogens is 220 g/mol. The van der Waals surface area contributed by atoms with E-state index < -0.39 is 17.6 Å². The van der Waals surface area contributed by atoms with E-state index in [0.29, 0.717) is 18.9 Å². The van der Waals surface area contributed by atoms with Crippen LogP contribution < -0.4 is 10.6 Å². The molecule has 1 aliphatic rings. The Morgan fingerprint density at radius 2 is 1.88 bits per heavy atom. The van der Waals surface area contributed by atoms with E-state index in [1.54, 1.807) is 6.92 Å². The first-order chi connectivity index (χ1) is 7.95. The van der Waals surface area contributed by atoms with Crippen LogP contribution in [-0.4, -0.2) is 34.6 Å². The molecule has 0 bridgehead atoms. The number of amides is 1. The van der Waals surface area contributed by atoms with Gasteiger partial charge in [0.15, 0.2) is 0 Å². The van der Waals surface area contributed by atoms with Gasteiger partial charge in [0.25, 0.3) is 0 Å². The monoisotopic (exact) mass is 242 g/mol. The third-order valence-corrected chi connectivity index (χ3v) is 3.43. The summed E-state index contributed by atoms with van der Waals surface area (Å²) in [6.45, 7) is 5.34. The summed E-state index contributed by atoms with van der Waals surface area (Å²) in [4.78, 5) is 23.0. The van der Waals surface area contributed by atoms with Crippen molar-refractivity contribution >= 4 is 11.9 Å². The van der Waals surface area contributed by atoms with Crippen LogP contribution in [0.1, 0.15) is 46.5 Å². The summed E-state index contributed by atoms with van der Waals surface area (Å²) in [6, 6.07) is -0.180. The second-order valence-corrected chi connectivity index (χ2v) is 4.74. The zero-order chi connectivity index (χ0) is 13.1. The van der Waals surface area contributed by atoms with Crippen molar-refractivity contribution in [2.45, 2.75) is 64.1 Å². The molecule has 0 heterocycles. The van der Waals surface area contributed by atoms with E-state index in [0.717, 1.165) is 12.8 Å². The minimum atomic E-state index is -1.000. The molecule has 1 unspecified atom stereocenters. The number of aliphatic carboxylic acids is 1. The summed E-state index contributed by atoms with van der Waals surface area (Å²) in [5, 5.41) is 15.1. The Hall–Kier alpha value is -1.10. The van der Waals surface area contributed by atoms with Gasteiger partial charge in [-0.15, -0.1) is 0 Å². The number of carbonyl (C=O) groups excluding carboxylic acids is 1. The van der Waals surface area contributed by atoms with E-state index in [9.17, 15) is 14.7 Å². The first-order valence-electron chi connectivity index (χ1n) is 6.26. The van der Waals surface area contributed by atoms with Gasteiger partial charge in [-0.25, -0.2) is 0 Å². The lowest BCUT2D eigenvalue weighted by Crippen LogP contribution is -2.58. The van der Waals surface area contributed by atoms with Crippen LogP contribution in [0.15, 0.2) is 0 Å². The molecule has 1 rings (SSSR count). The van der Waals surface area contributed by atoms with Crippen molar-refractivity contribution in [3.63, 3.8) is 0 Å². The Morgan fingerprint density at radius 1 is 1.35 bits per heavy atom. The quantitative estimate of drug-likeness (QED) is 0.619. The molecule has 1 amide bonds. The molecule has 3 N–H and O–H groups in total. The molecule has 1 atom stereocenters. The summed E-state index contributed by atoms with van der Waals surface area (Å²) in [5.74, 6) is -1.01. The molecule has 0 aliphatic heterocycles. The number of rotatable bonds is 7. The molecule has 1 fully saturated rings. The number of hydrogen-bond donors (Lipinski definition) is 3. The average Bonchev–Trinajstić information content (AvgIpc) is 3.09. The van der Waals surface area contributed by atoms with Crippen molar-refractivity contribution in [1.82, 2.24) is 10.6 Å². The number of carboxylic acid groups (broad SMARTS) is 1. The SMILES string of the molecule is CCC(CC)(NC(C)C(=O)NC1CC1)C(=O)O. The van der Waals surface area contributed by atoms with E-state index in [-0.39, 0.29) is 5.91 Å². The van der Waals surface area contributed by atoms with Gasteiger partial charge in [-0.1, -0.05) is 13.8 Å². The lowest BCUT2D eigenvalue weighted by atomic mass is 9.92. The van der Waals surface area contributed by atoms with Gasteiger partial charge in [0.1, 0.15) is 5.54 Å². The van der Waals surface area contributed by atoms with Crippen LogP contribution in [0.2, 0.25) is 0 Å². The van der Waals surface area contributed by atoms with Gasteiger partial charge in [0, 0.05) is 6.04 Å². The van der Waals surface area contributed by atoms with Crippen LogP contribution in [0.5, 0.6) is 0 Å². The van der Waals surface area contributed by atoms with Crippen LogP contribution in [-0.2, 0) is 9.59 Å². The van der Waals surface area contributed by atoms with Gasteiger partial charge in [-0.3, -0.25) is 14.9 Å².